The number of amides is 1. The summed E-state index contributed by atoms with van der Waals surface area (Å²) in [6.45, 7) is 5.77. The van der Waals surface area contributed by atoms with Crippen LogP contribution in [0, 0.1) is 0 Å². The largest absolute Gasteiger partial charge is 0.337 e. The van der Waals surface area contributed by atoms with Crippen LogP contribution in [0.1, 0.15) is 36.5 Å². The number of rotatable bonds is 5. The molecule has 2 heterocycles. The molecule has 0 N–H and O–H groups in total. The van der Waals surface area contributed by atoms with Crippen molar-refractivity contribution in [3.05, 3.63) is 65.2 Å². The number of carbonyl (C=O) groups is 1. The van der Waals surface area contributed by atoms with Crippen molar-refractivity contribution in [3.63, 3.8) is 0 Å². The summed E-state index contributed by atoms with van der Waals surface area (Å²) >= 11 is 1.38. The zero-order valence-electron chi connectivity index (χ0n) is 16.1. The van der Waals surface area contributed by atoms with Crippen LogP contribution in [0.3, 0.4) is 0 Å². The SMILES string of the molecule is CC(C)c1ccc(-n2nnnc2SCC(=O)N2CCc3ccccc3C2)cc1. The standard InChI is InChI=1S/C21H23N5OS/c1-15(2)16-7-9-19(10-8-16)26-21(22-23-24-26)28-14-20(27)25-12-11-17-5-3-4-6-18(17)13-25/h3-10,15H,11-14H2,1-2H3. The second-order valence-corrected chi connectivity index (χ2v) is 8.18. The van der Waals surface area contributed by atoms with Crippen LogP contribution in [0.2, 0.25) is 0 Å². The first kappa shape index (κ1) is 18.7. The minimum atomic E-state index is 0.115. The number of thioether (sulfide) groups is 1. The Labute approximate surface area is 168 Å². The van der Waals surface area contributed by atoms with E-state index in [4.69, 9.17) is 0 Å². The van der Waals surface area contributed by atoms with Gasteiger partial charge in [-0.1, -0.05) is 62.0 Å². The molecular weight excluding hydrogens is 370 g/mol. The minimum Gasteiger partial charge on any atom is -0.337 e. The monoisotopic (exact) mass is 393 g/mol. The Morgan fingerprint density at radius 3 is 2.61 bits per heavy atom. The van der Waals surface area contributed by atoms with Crippen LogP contribution in [-0.4, -0.2) is 43.3 Å². The van der Waals surface area contributed by atoms with Gasteiger partial charge in [0.1, 0.15) is 0 Å². The molecule has 1 aliphatic heterocycles. The van der Waals surface area contributed by atoms with Gasteiger partial charge in [0, 0.05) is 13.1 Å². The zero-order chi connectivity index (χ0) is 19.5. The lowest BCUT2D eigenvalue weighted by Gasteiger charge is -2.28. The van der Waals surface area contributed by atoms with Crippen molar-refractivity contribution in [2.45, 2.75) is 37.9 Å². The Morgan fingerprint density at radius 2 is 1.86 bits per heavy atom. The predicted molar refractivity (Wildman–Crippen MR) is 110 cm³/mol. The van der Waals surface area contributed by atoms with E-state index in [1.54, 1.807) is 4.68 Å². The molecule has 28 heavy (non-hydrogen) atoms. The van der Waals surface area contributed by atoms with E-state index < -0.39 is 0 Å². The molecule has 1 amide bonds. The molecule has 1 aliphatic rings. The fraction of sp³-hybridized carbons (Fsp3) is 0.333. The highest BCUT2D eigenvalue weighted by molar-refractivity contribution is 7.99. The molecule has 1 aromatic heterocycles. The Bertz CT molecular complexity index is 967. The lowest BCUT2D eigenvalue weighted by molar-refractivity contribution is -0.129. The summed E-state index contributed by atoms with van der Waals surface area (Å²) in [6, 6.07) is 16.5. The van der Waals surface area contributed by atoms with E-state index in [1.807, 2.05) is 23.1 Å². The van der Waals surface area contributed by atoms with Crippen LogP contribution in [0.25, 0.3) is 5.69 Å². The Morgan fingerprint density at radius 1 is 1.11 bits per heavy atom. The van der Waals surface area contributed by atoms with E-state index in [1.165, 1.54) is 28.5 Å². The summed E-state index contributed by atoms with van der Waals surface area (Å²) in [4.78, 5) is 14.6. The zero-order valence-corrected chi connectivity index (χ0v) is 16.9. The lowest BCUT2D eigenvalue weighted by Crippen LogP contribution is -2.37. The van der Waals surface area contributed by atoms with Crippen LogP contribution in [-0.2, 0) is 17.8 Å². The van der Waals surface area contributed by atoms with E-state index in [0.29, 0.717) is 23.4 Å². The number of fused-ring (bicyclic) bond motifs is 1. The summed E-state index contributed by atoms with van der Waals surface area (Å²) in [6.07, 6.45) is 0.909. The number of aromatic nitrogens is 4. The minimum absolute atomic E-state index is 0.115. The van der Waals surface area contributed by atoms with Crippen LogP contribution < -0.4 is 0 Å². The van der Waals surface area contributed by atoms with Gasteiger partial charge in [0.05, 0.1) is 11.4 Å². The fourth-order valence-corrected chi connectivity index (χ4v) is 4.15. The van der Waals surface area contributed by atoms with Crippen LogP contribution in [0.5, 0.6) is 0 Å². The maximum absolute atomic E-state index is 12.7. The fourth-order valence-electron chi connectivity index (χ4n) is 3.36. The van der Waals surface area contributed by atoms with Crippen LogP contribution in [0.4, 0.5) is 0 Å². The van der Waals surface area contributed by atoms with Crippen molar-refractivity contribution in [3.8, 4) is 5.69 Å². The van der Waals surface area contributed by atoms with Crippen molar-refractivity contribution < 1.29 is 4.79 Å². The lowest BCUT2D eigenvalue weighted by atomic mass is 10.00. The third-order valence-electron chi connectivity index (χ3n) is 5.05. The highest BCUT2D eigenvalue weighted by Gasteiger charge is 2.21. The van der Waals surface area contributed by atoms with Crippen molar-refractivity contribution >= 4 is 17.7 Å². The van der Waals surface area contributed by atoms with E-state index >= 15 is 0 Å². The molecule has 0 atom stereocenters. The summed E-state index contributed by atoms with van der Waals surface area (Å²) in [7, 11) is 0. The maximum Gasteiger partial charge on any atom is 0.233 e. The van der Waals surface area contributed by atoms with E-state index in [0.717, 1.165) is 18.7 Å². The molecule has 0 spiro atoms. The predicted octanol–water partition coefficient (Wildman–Crippen LogP) is 3.46. The Kier molecular flexibility index (Phi) is 5.43. The first-order chi connectivity index (χ1) is 13.6. The molecule has 144 valence electrons. The van der Waals surface area contributed by atoms with Gasteiger partial charge >= 0.3 is 0 Å². The molecular formula is C21H23N5OS. The third kappa shape index (κ3) is 3.94. The number of carbonyl (C=O) groups excluding carboxylic acids is 1. The summed E-state index contributed by atoms with van der Waals surface area (Å²) in [5.74, 6) is 0.917. The summed E-state index contributed by atoms with van der Waals surface area (Å²) in [5.41, 5.74) is 4.75. The first-order valence-electron chi connectivity index (χ1n) is 9.48. The topological polar surface area (TPSA) is 63.9 Å². The summed E-state index contributed by atoms with van der Waals surface area (Å²) in [5, 5.41) is 12.6. The number of hydrogen-bond donors (Lipinski definition) is 0. The van der Waals surface area contributed by atoms with Crippen molar-refractivity contribution in [1.82, 2.24) is 25.1 Å². The number of tetrazole rings is 1. The first-order valence-corrected chi connectivity index (χ1v) is 10.5. The molecule has 0 saturated carbocycles. The van der Waals surface area contributed by atoms with Gasteiger partial charge < -0.3 is 4.90 Å². The number of hydrogen-bond acceptors (Lipinski definition) is 5. The van der Waals surface area contributed by atoms with Gasteiger partial charge in [-0.15, -0.1) is 5.10 Å². The highest BCUT2D eigenvalue weighted by Crippen LogP contribution is 2.23. The van der Waals surface area contributed by atoms with Crippen molar-refractivity contribution in [2.75, 3.05) is 12.3 Å². The summed E-state index contributed by atoms with van der Waals surface area (Å²) < 4.78 is 1.69. The van der Waals surface area contributed by atoms with Gasteiger partial charge in [-0.2, -0.15) is 4.68 Å². The second-order valence-electron chi connectivity index (χ2n) is 7.24. The van der Waals surface area contributed by atoms with Gasteiger partial charge in [-0.05, 0) is 51.6 Å². The number of nitrogens with zero attached hydrogens (tertiary/aromatic N) is 5. The van der Waals surface area contributed by atoms with E-state index in [2.05, 4.69) is 59.7 Å². The maximum atomic E-state index is 12.7. The highest BCUT2D eigenvalue weighted by atomic mass is 32.2. The second kappa shape index (κ2) is 8.14. The van der Waals surface area contributed by atoms with E-state index in [-0.39, 0.29) is 5.91 Å². The van der Waals surface area contributed by atoms with Gasteiger partial charge in [-0.3, -0.25) is 4.79 Å². The molecule has 0 radical (unpaired) electrons. The van der Waals surface area contributed by atoms with Gasteiger partial charge in [0.25, 0.3) is 0 Å². The van der Waals surface area contributed by atoms with Crippen molar-refractivity contribution in [1.29, 1.82) is 0 Å². The Balaban J connectivity index is 1.41. The molecule has 2 aromatic carbocycles. The smallest absolute Gasteiger partial charge is 0.233 e. The molecule has 0 fully saturated rings. The normalized spacial score (nSPS) is 13.6. The van der Waals surface area contributed by atoms with Gasteiger partial charge in [0.2, 0.25) is 11.1 Å². The molecule has 7 heteroatoms. The third-order valence-corrected chi connectivity index (χ3v) is 5.96. The van der Waals surface area contributed by atoms with Crippen LogP contribution in [0.15, 0.2) is 53.7 Å². The average Bonchev–Trinajstić information content (AvgIpc) is 3.20. The van der Waals surface area contributed by atoms with Crippen LogP contribution >= 0.6 is 11.8 Å². The quantitative estimate of drug-likeness (QED) is 0.621. The molecule has 6 nitrogen and oxygen atoms in total. The van der Waals surface area contributed by atoms with Gasteiger partial charge in [0.15, 0.2) is 0 Å². The molecule has 0 aliphatic carbocycles. The Hall–Kier alpha value is -2.67. The number of benzene rings is 2. The average molecular weight is 394 g/mol. The van der Waals surface area contributed by atoms with Gasteiger partial charge in [-0.25, -0.2) is 0 Å². The molecule has 0 saturated heterocycles. The van der Waals surface area contributed by atoms with Crippen molar-refractivity contribution in [2.24, 2.45) is 0 Å². The molecule has 4 rings (SSSR count). The molecule has 0 unspecified atom stereocenters. The molecule has 0 bridgehead atoms. The molecule has 3 aromatic rings. The van der Waals surface area contributed by atoms with E-state index in [9.17, 15) is 4.79 Å².